The summed E-state index contributed by atoms with van der Waals surface area (Å²) in [6.45, 7) is -3.66. The van der Waals surface area contributed by atoms with Crippen LogP contribution < -0.4 is 0 Å². The van der Waals surface area contributed by atoms with E-state index in [4.69, 9.17) is 250 Å². The van der Waals surface area contributed by atoms with Gasteiger partial charge in [0.1, 0.15) is 0 Å². The van der Waals surface area contributed by atoms with Gasteiger partial charge in [-0.15, -0.1) is 0 Å². The van der Waals surface area contributed by atoms with E-state index in [-0.39, 0.29) is 0 Å². The fourth-order valence-corrected chi connectivity index (χ4v) is 5.19. The van der Waals surface area contributed by atoms with Crippen LogP contribution in [0.4, 0.5) is 0 Å². The Bertz CT molecular complexity index is 612. The summed E-state index contributed by atoms with van der Waals surface area (Å²) in [6.07, 6.45) is 0. The van der Waals surface area contributed by atoms with Crippen LogP contribution in [0.2, 0.25) is 0 Å². The van der Waals surface area contributed by atoms with Gasteiger partial charge in [0.05, 0.1) is 26.4 Å². The lowest BCUT2D eigenvalue weighted by Crippen LogP contribution is -2.58. The number of hydrogen-bond acceptors (Lipinski definition) is 4. The minimum Gasteiger partial charge on any atom is -0.348 e. The topological polar surface area (TPSA) is 36.9 Å². The second kappa shape index (κ2) is 15.2. The van der Waals surface area contributed by atoms with Crippen molar-refractivity contribution in [2.75, 3.05) is 26.4 Å². The average Bonchev–Trinajstić information content (AvgIpc) is 2.63. The molecule has 0 amide bonds. The predicted octanol–water partition coefficient (Wildman–Crippen LogP) is 11.7. The van der Waals surface area contributed by atoms with Crippen LogP contribution in [0.15, 0.2) is 0 Å². The molecule has 0 aromatic rings. The molecule has 0 aromatic carbocycles. The first-order valence-corrected chi connectivity index (χ1v) is 17.4. The van der Waals surface area contributed by atoms with Crippen molar-refractivity contribution in [3.8, 4) is 0 Å². The zero-order valence-corrected chi connectivity index (χ0v) is 32.6. The summed E-state index contributed by atoms with van der Waals surface area (Å²) >= 11 is 118. The molecule has 0 radical (unpaired) electrons. The van der Waals surface area contributed by atoms with Gasteiger partial charge < -0.3 is 17.7 Å². The highest BCUT2D eigenvalue weighted by atomic mass is 35.6. The maximum Gasteiger partial charge on any atom is 0.680 e. The summed E-state index contributed by atoms with van der Waals surface area (Å²) < 4.78 is 3.69. The van der Waals surface area contributed by atoms with Crippen molar-refractivity contribution in [3.05, 3.63) is 0 Å². The van der Waals surface area contributed by atoms with Crippen molar-refractivity contribution in [1.82, 2.24) is 0 Å². The average molecular weight is 953 g/mol. The Morgan fingerprint density at radius 1 is 0.297 bits per heavy atom. The van der Waals surface area contributed by atoms with Gasteiger partial charge in [0.15, 0.2) is 17.3 Å². The summed E-state index contributed by atoms with van der Waals surface area (Å²) in [7, 11) is -4.93. The third-order valence-electron chi connectivity index (χ3n) is 3.38. The molecule has 224 valence electrons. The molecule has 0 atom stereocenters. The molecular formula is C12H8Cl20O4Si. The van der Waals surface area contributed by atoms with Crippen LogP contribution in [0.3, 0.4) is 0 Å². The van der Waals surface area contributed by atoms with Gasteiger partial charge in [-0.3, -0.25) is 0 Å². The van der Waals surface area contributed by atoms with Crippen molar-refractivity contribution in [2.45, 2.75) is 32.5 Å². The predicted molar refractivity (Wildman–Crippen MR) is 168 cm³/mol. The summed E-state index contributed by atoms with van der Waals surface area (Å²) in [5, 5.41) is 0. The Morgan fingerprint density at radius 2 is 0.432 bits per heavy atom. The van der Waals surface area contributed by atoms with E-state index >= 15 is 0 Å². The molecule has 4 nitrogen and oxygen atoms in total. The second-order valence-electron chi connectivity index (χ2n) is 6.46. The van der Waals surface area contributed by atoms with E-state index in [0.717, 1.165) is 0 Å². The SMILES string of the molecule is ClC(Cl)(Cl)C(Cl)(Cl)CO[Si](OCC(Cl)(Cl)C(Cl)(Cl)Cl)(OCC(Cl)(Cl)C(Cl)(Cl)Cl)OCC(Cl)(Cl)C(Cl)(Cl)Cl. The van der Waals surface area contributed by atoms with Crippen LogP contribution in [0, 0.1) is 0 Å². The molecule has 25 heteroatoms. The third-order valence-corrected chi connectivity index (χ3v) is 14.7. The van der Waals surface area contributed by atoms with Crippen LogP contribution in [0.25, 0.3) is 0 Å². The number of rotatable bonds is 12. The molecule has 0 heterocycles. The Hall–Kier alpha value is 5.86. The highest BCUT2D eigenvalue weighted by molar-refractivity contribution is 6.78. The Morgan fingerprint density at radius 3 is 0.541 bits per heavy atom. The largest absolute Gasteiger partial charge is 0.680 e. The number of alkyl halides is 20. The smallest absolute Gasteiger partial charge is 0.348 e. The molecule has 0 bridgehead atoms. The van der Waals surface area contributed by atoms with Gasteiger partial charge in [-0.2, -0.15) is 0 Å². The van der Waals surface area contributed by atoms with Crippen molar-refractivity contribution >= 4 is 241 Å². The van der Waals surface area contributed by atoms with E-state index in [2.05, 4.69) is 0 Å². The van der Waals surface area contributed by atoms with Crippen molar-refractivity contribution < 1.29 is 17.7 Å². The fourth-order valence-electron chi connectivity index (χ4n) is 1.29. The standard InChI is InChI=1S/C12H8Cl20O4Si/c13-5(14,9(21,22)23)1-33-37(34-2-6(15,16)10(24,25)26,35-3-7(17,18)11(27,28)29)36-4-8(19,20)12(30,31)32/h1-4H2. The molecule has 0 fully saturated rings. The van der Waals surface area contributed by atoms with Crippen molar-refractivity contribution in [1.29, 1.82) is 0 Å². The molecule has 0 aliphatic heterocycles. The van der Waals surface area contributed by atoms with E-state index in [1.54, 1.807) is 0 Å². The van der Waals surface area contributed by atoms with E-state index in [1.807, 2.05) is 0 Å². The van der Waals surface area contributed by atoms with Gasteiger partial charge in [0.25, 0.3) is 0 Å². The highest BCUT2D eigenvalue weighted by Crippen LogP contribution is 2.50. The number of hydrogen-bond donors (Lipinski definition) is 0. The second-order valence-corrected chi connectivity index (χ2v) is 23.7. The molecule has 0 unspecified atom stereocenters. The summed E-state index contributed by atoms with van der Waals surface area (Å²) in [6, 6.07) is 0. The highest BCUT2D eigenvalue weighted by Gasteiger charge is 2.59. The quantitative estimate of drug-likeness (QED) is 0.144. The zero-order valence-electron chi connectivity index (χ0n) is 16.5. The summed E-state index contributed by atoms with van der Waals surface area (Å²) in [4.78, 5) is 0. The lowest BCUT2D eigenvalue weighted by Gasteiger charge is -2.38. The van der Waals surface area contributed by atoms with Gasteiger partial charge in [0, 0.05) is 0 Å². The summed E-state index contributed by atoms with van der Waals surface area (Å²) in [5.74, 6) is 0. The molecule has 0 saturated carbocycles. The van der Waals surface area contributed by atoms with Gasteiger partial charge in [-0.25, -0.2) is 0 Å². The normalized spacial score (nSPS) is 15.9. The Balaban J connectivity index is 6.54. The number of halogens is 20. The van der Waals surface area contributed by atoms with Gasteiger partial charge in [-0.1, -0.05) is 232 Å². The minimum absolute atomic E-state index is 0.916. The molecule has 0 aliphatic rings. The molecule has 0 aromatic heterocycles. The maximum atomic E-state index is 6.06. The first-order valence-electron chi connectivity index (χ1n) is 8.17. The van der Waals surface area contributed by atoms with E-state index < -0.39 is 68.0 Å². The van der Waals surface area contributed by atoms with E-state index in [9.17, 15) is 0 Å². The lowest BCUT2D eigenvalue weighted by molar-refractivity contribution is -0.0399. The Labute approximate surface area is 313 Å². The van der Waals surface area contributed by atoms with Gasteiger partial charge in [-0.05, 0) is 0 Å². The fraction of sp³-hybridized carbons (Fsp3) is 1.00. The molecular weight excluding hydrogens is 945 g/mol. The Kier molecular flexibility index (Phi) is 17.6. The van der Waals surface area contributed by atoms with Gasteiger partial charge in [0.2, 0.25) is 15.2 Å². The first kappa shape index (κ1) is 42.9. The molecule has 0 aliphatic carbocycles. The van der Waals surface area contributed by atoms with Crippen molar-refractivity contribution in [3.63, 3.8) is 0 Å². The van der Waals surface area contributed by atoms with Gasteiger partial charge >= 0.3 is 9.05 Å². The van der Waals surface area contributed by atoms with Crippen LogP contribution in [0.1, 0.15) is 0 Å². The van der Waals surface area contributed by atoms with Crippen LogP contribution in [-0.2, 0) is 17.7 Å². The minimum atomic E-state index is -4.93. The first-order chi connectivity index (χ1) is 15.8. The molecule has 0 rings (SSSR count). The zero-order chi connectivity index (χ0) is 30.2. The van der Waals surface area contributed by atoms with Crippen LogP contribution in [0.5, 0.6) is 0 Å². The lowest BCUT2D eigenvalue weighted by atomic mass is 10.5. The molecule has 0 saturated heterocycles. The van der Waals surface area contributed by atoms with Crippen molar-refractivity contribution in [2.24, 2.45) is 0 Å². The van der Waals surface area contributed by atoms with E-state index in [1.165, 1.54) is 0 Å². The van der Waals surface area contributed by atoms with Crippen LogP contribution in [-0.4, -0.2) is 68.0 Å². The molecule has 37 heavy (non-hydrogen) atoms. The third kappa shape index (κ3) is 13.6. The summed E-state index contributed by atoms with van der Waals surface area (Å²) in [5.41, 5.74) is 0. The monoisotopic (exact) mass is 943 g/mol. The maximum absolute atomic E-state index is 6.06. The molecule has 0 N–H and O–H groups in total. The molecule has 0 spiro atoms. The van der Waals surface area contributed by atoms with Crippen LogP contribution >= 0.6 is 232 Å². The van der Waals surface area contributed by atoms with E-state index in [0.29, 0.717) is 0 Å².